The van der Waals surface area contributed by atoms with E-state index in [0.29, 0.717) is 17.3 Å². The van der Waals surface area contributed by atoms with E-state index < -0.39 is 0 Å². The Morgan fingerprint density at radius 3 is 2.88 bits per heavy atom. The molecule has 0 unspecified atom stereocenters. The van der Waals surface area contributed by atoms with Crippen molar-refractivity contribution in [1.82, 2.24) is 9.78 Å². The molecule has 5 heteroatoms. The molecule has 17 heavy (non-hydrogen) atoms. The van der Waals surface area contributed by atoms with Crippen LogP contribution in [-0.4, -0.2) is 9.78 Å². The predicted molar refractivity (Wildman–Crippen MR) is 68.2 cm³/mol. The molecule has 0 aliphatic carbocycles. The number of hydrogen-bond acceptors (Lipinski definition) is 3. The Balaban J connectivity index is 2.41. The first-order chi connectivity index (χ1) is 8.06. The van der Waals surface area contributed by atoms with E-state index in [4.69, 9.17) is 17.3 Å². The lowest BCUT2D eigenvalue weighted by atomic mass is 10.2. The Morgan fingerprint density at radius 1 is 1.35 bits per heavy atom. The van der Waals surface area contributed by atoms with Crippen LogP contribution in [0.15, 0.2) is 35.1 Å². The fourth-order valence-corrected chi connectivity index (χ4v) is 1.72. The van der Waals surface area contributed by atoms with Gasteiger partial charge >= 0.3 is 0 Å². The normalized spacial score (nSPS) is 10.5. The molecule has 0 saturated carbocycles. The van der Waals surface area contributed by atoms with Gasteiger partial charge in [-0.15, -0.1) is 0 Å². The molecule has 0 amide bonds. The van der Waals surface area contributed by atoms with Crippen molar-refractivity contribution < 1.29 is 0 Å². The third-order valence-electron chi connectivity index (χ3n) is 2.39. The number of nitrogen functional groups attached to an aromatic ring is 1. The van der Waals surface area contributed by atoms with Gasteiger partial charge in [0.05, 0.1) is 12.2 Å². The summed E-state index contributed by atoms with van der Waals surface area (Å²) in [6.07, 6.45) is 0. The quantitative estimate of drug-likeness (QED) is 0.826. The van der Waals surface area contributed by atoms with Crippen molar-refractivity contribution in [2.24, 2.45) is 0 Å². The number of nitrogens with zero attached hydrogens (tertiary/aromatic N) is 2. The lowest BCUT2D eigenvalue weighted by Gasteiger charge is -2.07. The SMILES string of the molecule is Cc1ccc(=O)n(Cc2cc(N)ccc2Cl)n1. The van der Waals surface area contributed by atoms with Gasteiger partial charge in [0.1, 0.15) is 0 Å². The van der Waals surface area contributed by atoms with Crippen molar-refractivity contribution in [3.63, 3.8) is 0 Å². The van der Waals surface area contributed by atoms with Gasteiger partial charge in [0.2, 0.25) is 0 Å². The minimum absolute atomic E-state index is 0.158. The third-order valence-corrected chi connectivity index (χ3v) is 2.76. The van der Waals surface area contributed by atoms with Gasteiger partial charge < -0.3 is 5.73 Å². The highest BCUT2D eigenvalue weighted by Crippen LogP contribution is 2.19. The van der Waals surface area contributed by atoms with Crippen LogP contribution >= 0.6 is 11.6 Å². The molecule has 0 bridgehead atoms. The van der Waals surface area contributed by atoms with Crippen molar-refractivity contribution in [3.05, 3.63) is 57.0 Å². The zero-order valence-corrected chi connectivity index (χ0v) is 10.1. The maximum atomic E-state index is 11.6. The molecule has 0 aliphatic heterocycles. The standard InChI is InChI=1S/C12H12ClN3O/c1-8-2-5-12(17)16(15-8)7-9-6-10(14)3-4-11(9)13/h2-6H,7,14H2,1H3. The minimum Gasteiger partial charge on any atom is -0.399 e. The van der Waals surface area contributed by atoms with E-state index in [1.807, 2.05) is 6.92 Å². The molecule has 4 nitrogen and oxygen atoms in total. The Kier molecular flexibility index (Phi) is 3.15. The molecule has 0 fully saturated rings. The molecule has 1 aromatic carbocycles. The molecule has 2 rings (SSSR count). The summed E-state index contributed by atoms with van der Waals surface area (Å²) in [6, 6.07) is 8.35. The number of aryl methyl sites for hydroxylation is 1. The number of aromatic nitrogens is 2. The molecule has 0 saturated heterocycles. The topological polar surface area (TPSA) is 60.9 Å². The third kappa shape index (κ3) is 2.65. The Bertz CT molecular complexity index is 607. The molecule has 0 atom stereocenters. The Hall–Kier alpha value is -1.81. The average molecular weight is 250 g/mol. The monoisotopic (exact) mass is 249 g/mol. The van der Waals surface area contributed by atoms with Gasteiger partial charge in [-0.25, -0.2) is 4.68 Å². The number of anilines is 1. The van der Waals surface area contributed by atoms with Crippen molar-refractivity contribution >= 4 is 17.3 Å². The number of hydrogen-bond donors (Lipinski definition) is 1. The van der Waals surface area contributed by atoms with Crippen LogP contribution in [0.1, 0.15) is 11.3 Å². The lowest BCUT2D eigenvalue weighted by molar-refractivity contribution is 0.628. The van der Waals surface area contributed by atoms with Crippen LogP contribution < -0.4 is 11.3 Å². The summed E-state index contributed by atoms with van der Waals surface area (Å²) >= 11 is 6.04. The summed E-state index contributed by atoms with van der Waals surface area (Å²) in [7, 11) is 0. The van der Waals surface area contributed by atoms with Gasteiger partial charge in [-0.05, 0) is 36.8 Å². The summed E-state index contributed by atoms with van der Waals surface area (Å²) in [4.78, 5) is 11.6. The maximum Gasteiger partial charge on any atom is 0.267 e. The molecule has 1 aromatic heterocycles. The van der Waals surface area contributed by atoms with E-state index >= 15 is 0 Å². The molecule has 0 radical (unpaired) electrons. The van der Waals surface area contributed by atoms with E-state index in [9.17, 15) is 4.79 Å². The van der Waals surface area contributed by atoms with Crippen molar-refractivity contribution in [3.8, 4) is 0 Å². The van der Waals surface area contributed by atoms with E-state index in [1.54, 1.807) is 24.3 Å². The first-order valence-corrected chi connectivity index (χ1v) is 5.53. The van der Waals surface area contributed by atoms with Crippen LogP contribution in [0.4, 0.5) is 5.69 Å². The predicted octanol–water partition coefficient (Wildman–Crippen LogP) is 1.84. The van der Waals surface area contributed by atoms with Gasteiger partial charge in [0.25, 0.3) is 5.56 Å². The van der Waals surface area contributed by atoms with Crippen LogP contribution in [0.5, 0.6) is 0 Å². The van der Waals surface area contributed by atoms with Gasteiger partial charge in [-0.3, -0.25) is 4.79 Å². The summed E-state index contributed by atoms with van der Waals surface area (Å²) < 4.78 is 1.37. The highest BCUT2D eigenvalue weighted by atomic mass is 35.5. The molecule has 88 valence electrons. The van der Waals surface area contributed by atoms with Gasteiger partial charge in [0.15, 0.2) is 0 Å². The summed E-state index contributed by atoms with van der Waals surface area (Å²) in [5, 5.41) is 4.72. The fraction of sp³-hybridized carbons (Fsp3) is 0.167. The van der Waals surface area contributed by atoms with E-state index in [1.165, 1.54) is 10.7 Å². The van der Waals surface area contributed by atoms with Gasteiger partial charge in [-0.1, -0.05) is 11.6 Å². The van der Waals surface area contributed by atoms with E-state index in [2.05, 4.69) is 5.10 Å². The number of nitrogens with two attached hydrogens (primary N) is 1. The maximum absolute atomic E-state index is 11.6. The van der Waals surface area contributed by atoms with E-state index in [0.717, 1.165) is 11.3 Å². The van der Waals surface area contributed by atoms with E-state index in [-0.39, 0.29) is 5.56 Å². The second-order valence-corrected chi connectivity index (χ2v) is 4.23. The molecule has 0 spiro atoms. The second-order valence-electron chi connectivity index (χ2n) is 3.82. The van der Waals surface area contributed by atoms with Crippen molar-refractivity contribution in [1.29, 1.82) is 0 Å². The second kappa shape index (κ2) is 4.59. The highest BCUT2D eigenvalue weighted by Gasteiger charge is 2.04. The largest absolute Gasteiger partial charge is 0.399 e. The smallest absolute Gasteiger partial charge is 0.267 e. The van der Waals surface area contributed by atoms with Crippen LogP contribution in [0, 0.1) is 6.92 Å². The van der Waals surface area contributed by atoms with Crippen LogP contribution in [-0.2, 0) is 6.54 Å². The molecular formula is C12H12ClN3O. The average Bonchev–Trinajstić information content (AvgIpc) is 2.28. The first kappa shape index (κ1) is 11.7. The fourth-order valence-electron chi connectivity index (χ4n) is 1.54. The number of rotatable bonds is 2. The summed E-state index contributed by atoms with van der Waals surface area (Å²) in [6.45, 7) is 2.15. The van der Waals surface area contributed by atoms with Crippen molar-refractivity contribution in [2.45, 2.75) is 13.5 Å². The molecule has 0 aliphatic rings. The van der Waals surface area contributed by atoms with Gasteiger partial charge in [0, 0.05) is 16.8 Å². The summed E-state index contributed by atoms with van der Waals surface area (Å²) in [5.41, 5.74) is 7.71. The van der Waals surface area contributed by atoms with Crippen LogP contribution in [0.3, 0.4) is 0 Å². The van der Waals surface area contributed by atoms with Crippen LogP contribution in [0.25, 0.3) is 0 Å². The molecule has 1 heterocycles. The summed E-state index contributed by atoms with van der Waals surface area (Å²) in [5.74, 6) is 0. The molecular weight excluding hydrogens is 238 g/mol. The number of halogens is 1. The Morgan fingerprint density at radius 2 is 2.12 bits per heavy atom. The molecule has 2 N–H and O–H groups in total. The van der Waals surface area contributed by atoms with Crippen molar-refractivity contribution in [2.75, 3.05) is 5.73 Å². The van der Waals surface area contributed by atoms with Crippen LogP contribution in [0.2, 0.25) is 5.02 Å². The number of benzene rings is 1. The first-order valence-electron chi connectivity index (χ1n) is 5.15. The highest BCUT2D eigenvalue weighted by molar-refractivity contribution is 6.31. The minimum atomic E-state index is -0.158. The van der Waals surface area contributed by atoms with Gasteiger partial charge in [-0.2, -0.15) is 5.10 Å². The zero-order valence-electron chi connectivity index (χ0n) is 9.35. The zero-order chi connectivity index (χ0) is 12.4. The molecule has 2 aromatic rings. The Labute approximate surface area is 104 Å². The lowest BCUT2D eigenvalue weighted by Crippen LogP contribution is -2.23.